The largest absolute Gasteiger partial charge is 0.477 e. The Kier molecular flexibility index (Phi) is 3.99. The van der Waals surface area contributed by atoms with E-state index in [1.165, 1.54) is 12.4 Å². The van der Waals surface area contributed by atoms with Crippen LogP contribution in [0.5, 0.6) is 0 Å². The molecule has 1 amide bonds. The third-order valence-electron chi connectivity index (χ3n) is 1.93. The lowest BCUT2D eigenvalue weighted by Crippen LogP contribution is -2.27. The van der Waals surface area contributed by atoms with Crippen molar-refractivity contribution in [2.24, 2.45) is 5.73 Å². The highest BCUT2D eigenvalue weighted by atomic mass is 16.4. The van der Waals surface area contributed by atoms with Gasteiger partial charge in [0.05, 0.1) is 0 Å². The lowest BCUT2D eigenvalue weighted by Gasteiger charge is -2.08. The van der Waals surface area contributed by atoms with Gasteiger partial charge in [-0.25, -0.2) is 4.79 Å². The number of carbonyl (C=O) groups is 2. The van der Waals surface area contributed by atoms with E-state index in [4.69, 9.17) is 10.8 Å². The molecule has 0 fully saturated rings. The number of nitrogens with zero attached hydrogens (tertiary/aromatic N) is 1. The molecule has 0 saturated heterocycles. The number of hydrogen-bond donors (Lipinski definition) is 3. The zero-order valence-electron chi connectivity index (χ0n) is 8.88. The average molecular weight is 233 g/mol. The standard InChI is InChI=1S/C11H11N3O3/c1-7(8-2-4-13-5-3-8)14-10(15)9(6-12)11(16)17/h2-6H,1,12H2,(H,14,15)(H,16,17)/b9-6+. The molecule has 1 aromatic heterocycles. The molecule has 0 aliphatic carbocycles. The zero-order chi connectivity index (χ0) is 12.8. The summed E-state index contributed by atoms with van der Waals surface area (Å²) in [6.07, 6.45) is 3.80. The van der Waals surface area contributed by atoms with Crippen LogP contribution in [0.2, 0.25) is 0 Å². The van der Waals surface area contributed by atoms with Gasteiger partial charge in [-0.3, -0.25) is 9.78 Å². The number of rotatable bonds is 4. The van der Waals surface area contributed by atoms with Crippen molar-refractivity contribution in [2.45, 2.75) is 0 Å². The van der Waals surface area contributed by atoms with E-state index < -0.39 is 17.4 Å². The molecule has 6 nitrogen and oxygen atoms in total. The second kappa shape index (κ2) is 5.45. The summed E-state index contributed by atoms with van der Waals surface area (Å²) in [5.41, 5.74) is 5.41. The summed E-state index contributed by atoms with van der Waals surface area (Å²) in [6.45, 7) is 3.62. The van der Waals surface area contributed by atoms with Gasteiger partial charge in [0.25, 0.3) is 5.91 Å². The molecular weight excluding hydrogens is 222 g/mol. The first-order valence-electron chi connectivity index (χ1n) is 4.62. The van der Waals surface area contributed by atoms with Gasteiger partial charge in [-0.2, -0.15) is 0 Å². The number of carboxylic acids is 1. The van der Waals surface area contributed by atoms with Crippen molar-refractivity contribution in [3.63, 3.8) is 0 Å². The Bertz CT molecular complexity index is 480. The predicted molar refractivity (Wildman–Crippen MR) is 61.3 cm³/mol. The second-order valence-corrected chi connectivity index (χ2v) is 3.05. The molecule has 1 rings (SSSR count). The van der Waals surface area contributed by atoms with Crippen molar-refractivity contribution < 1.29 is 14.7 Å². The van der Waals surface area contributed by atoms with Crippen LogP contribution in [0.25, 0.3) is 5.70 Å². The van der Waals surface area contributed by atoms with Crippen LogP contribution in [0.15, 0.2) is 42.9 Å². The Balaban J connectivity index is 2.77. The van der Waals surface area contributed by atoms with Gasteiger partial charge in [-0.05, 0) is 12.1 Å². The third kappa shape index (κ3) is 3.16. The van der Waals surface area contributed by atoms with Gasteiger partial charge in [-0.1, -0.05) is 6.58 Å². The van der Waals surface area contributed by atoms with Crippen molar-refractivity contribution in [1.29, 1.82) is 0 Å². The zero-order valence-corrected chi connectivity index (χ0v) is 8.88. The molecule has 0 unspecified atom stereocenters. The molecule has 0 aromatic carbocycles. The maximum Gasteiger partial charge on any atom is 0.342 e. The number of hydrogen-bond acceptors (Lipinski definition) is 4. The van der Waals surface area contributed by atoms with E-state index in [1.807, 2.05) is 0 Å². The van der Waals surface area contributed by atoms with Gasteiger partial charge in [0, 0.05) is 29.9 Å². The van der Waals surface area contributed by atoms with Gasteiger partial charge in [0.1, 0.15) is 5.57 Å². The normalized spacial score (nSPS) is 10.7. The molecule has 1 aromatic rings. The molecule has 0 aliphatic rings. The number of amides is 1. The van der Waals surface area contributed by atoms with Crippen molar-refractivity contribution in [3.05, 3.63) is 48.4 Å². The van der Waals surface area contributed by atoms with E-state index in [2.05, 4.69) is 16.9 Å². The molecule has 0 aliphatic heterocycles. The van der Waals surface area contributed by atoms with Crippen LogP contribution in [0.3, 0.4) is 0 Å². The molecule has 4 N–H and O–H groups in total. The summed E-state index contributed by atoms with van der Waals surface area (Å²) < 4.78 is 0. The molecule has 1 heterocycles. The van der Waals surface area contributed by atoms with Gasteiger partial charge in [0.15, 0.2) is 0 Å². The molecule has 0 bridgehead atoms. The van der Waals surface area contributed by atoms with Crippen molar-refractivity contribution >= 4 is 17.6 Å². The summed E-state index contributed by atoms with van der Waals surface area (Å²) >= 11 is 0. The average Bonchev–Trinajstić information content (AvgIpc) is 2.30. The van der Waals surface area contributed by atoms with E-state index in [9.17, 15) is 9.59 Å². The Morgan fingerprint density at radius 1 is 1.41 bits per heavy atom. The van der Waals surface area contributed by atoms with E-state index in [0.717, 1.165) is 6.20 Å². The number of nitrogens with one attached hydrogen (secondary N) is 1. The number of aromatic nitrogens is 1. The third-order valence-corrected chi connectivity index (χ3v) is 1.93. The van der Waals surface area contributed by atoms with Gasteiger partial charge >= 0.3 is 5.97 Å². The topological polar surface area (TPSA) is 105 Å². The number of carboxylic acid groups (broad SMARTS) is 1. The summed E-state index contributed by atoms with van der Waals surface area (Å²) in [5.74, 6) is -2.21. The Hall–Kier alpha value is -2.63. The molecule has 0 spiro atoms. The molecule has 0 saturated carbocycles. The minimum Gasteiger partial charge on any atom is -0.477 e. The van der Waals surface area contributed by atoms with Crippen molar-refractivity contribution in [3.8, 4) is 0 Å². The monoisotopic (exact) mass is 233 g/mol. The van der Waals surface area contributed by atoms with Crippen LogP contribution in [0.4, 0.5) is 0 Å². The van der Waals surface area contributed by atoms with Crippen LogP contribution in [0.1, 0.15) is 5.56 Å². The number of nitrogens with two attached hydrogens (primary N) is 1. The Labute approximate surface area is 97.5 Å². The SMILES string of the molecule is C=C(NC(=O)/C(=C\N)C(=O)O)c1ccncc1. The van der Waals surface area contributed by atoms with E-state index in [1.54, 1.807) is 12.1 Å². The first-order valence-corrected chi connectivity index (χ1v) is 4.62. The van der Waals surface area contributed by atoms with Crippen molar-refractivity contribution in [1.82, 2.24) is 10.3 Å². The molecule has 88 valence electrons. The summed E-state index contributed by atoms with van der Waals surface area (Å²) in [7, 11) is 0. The van der Waals surface area contributed by atoms with Crippen molar-refractivity contribution in [2.75, 3.05) is 0 Å². The highest BCUT2D eigenvalue weighted by Gasteiger charge is 2.17. The van der Waals surface area contributed by atoms with Crippen LogP contribution in [-0.2, 0) is 9.59 Å². The minimum atomic E-state index is -1.40. The molecule has 0 radical (unpaired) electrons. The smallest absolute Gasteiger partial charge is 0.342 e. The minimum absolute atomic E-state index is 0.276. The summed E-state index contributed by atoms with van der Waals surface area (Å²) in [6, 6.07) is 3.27. The molecule has 17 heavy (non-hydrogen) atoms. The molecule has 0 atom stereocenters. The Morgan fingerprint density at radius 2 is 2.00 bits per heavy atom. The quantitative estimate of drug-likeness (QED) is 0.388. The fourth-order valence-electron chi connectivity index (χ4n) is 1.07. The van der Waals surface area contributed by atoms with E-state index >= 15 is 0 Å². The predicted octanol–water partition coefficient (Wildman–Crippen LogP) is 0.0957. The number of aliphatic carboxylic acids is 1. The first kappa shape index (κ1) is 12.4. The maximum atomic E-state index is 11.5. The highest BCUT2D eigenvalue weighted by Crippen LogP contribution is 2.08. The van der Waals surface area contributed by atoms with Gasteiger partial charge in [0.2, 0.25) is 0 Å². The van der Waals surface area contributed by atoms with Gasteiger partial charge in [-0.15, -0.1) is 0 Å². The Morgan fingerprint density at radius 3 is 2.47 bits per heavy atom. The second-order valence-electron chi connectivity index (χ2n) is 3.05. The van der Waals surface area contributed by atoms with Crippen LogP contribution >= 0.6 is 0 Å². The first-order chi connectivity index (χ1) is 8.06. The van der Waals surface area contributed by atoms with E-state index in [0.29, 0.717) is 5.56 Å². The fourth-order valence-corrected chi connectivity index (χ4v) is 1.07. The summed E-state index contributed by atoms with van der Waals surface area (Å²) in [4.78, 5) is 25.9. The number of carbonyl (C=O) groups excluding carboxylic acids is 1. The maximum absolute atomic E-state index is 11.5. The lowest BCUT2D eigenvalue weighted by atomic mass is 10.2. The van der Waals surface area contributed by atoms with Crippen LogP contribution in [-0.4, -0.2) is 22.0 Å². The molecule has 6 heteroatoms. The van der Waals surface area contributed by atoms with Gasteiger partial charge < -0.3 is 16.2 Å². The van der Waals surface area contributed by atoms with Crippen LogP contribution < -0.4 is 11.1 Å². The summed E-state index contributed by atoms with van der Waals surface area (Å²) in [5, 5.41) is 11.0. The fraction of sp³-hybridized carbons (Fsp3) is 0. The highest BCUT2D eigenvalue weighted by molar-refractivity contribution is 6.17. The van der Waals surface area contributed by atoms with E-state index in [-0.39, 0.29) is 5.70 Å². The lowest BCUT2D eigenvalue weighted by molar-refractivity contribution is -0.134. The van der Waals surface area contributed by atoms with Crippen LogP contribution in [0, 0.1) is 0 Å². The number of pyridine rings is 1. The molecular formula is C11H11N3O3.